The molecule has 2 N–H and O–H groups in total. The van der Waals surface area contributed by atoms with Gasteiger partial charge in [0.2, 0.25) is 0 Å². The highest BCUT2D eigenvalue weighted by molar-refractivity contribution is 7.80. The topological polar surface area (TPSA) is 54.3 Å². The molecule has 0 aromatic carbocycles. The van der Waals surface area contributed by atoms with Gasteiger partial charge in [0.05, 0.1) is 6.26 Å². The number of carbonyl (C=O) groups is 1. The van der Waals surface area contributed by atoms with E-state index in [1.165, 1.54) is 6.26 Å². The molecular formula is C8H6N2O2S. The van der Waals surface area contributed by atoms with Crippen LogP contribution in [0.4, 0.5) is 0 Å². The monoisotopic (exact) mass is 194 g/mol. The number of amides is 1. The van der Waals surface area contributed by atoms with Crippen molar-refractivity contribution < 1.29 is 9.21 Å². The Labute approximate surface area is 79.6 Å². The van der Waals surface area contributed by atoms with E-state index >= 15 is 0 Å². The maximum atomic E-state index is 11.1. The van der Waals surface area contributed by atoms with Gasteiger partial charge in [-0.15, -0.1) is 0 Å². The summed E-state index contributed by atoms with van der Waals surface area (Å²) in [5.41, 5.74) is 0.403. The lowest BCUT2D eigenvalue weighted by Crippen LogP contribution is -2.21. The molecule has 2 rings (SSSR count). The molecule has 13 heavy (non-hydrogen) atoms. The lowest BCUT2D eigenvalue weighted by atomic mass is 10.3. The van der Waals surface area contributed by atoms with Crippen molar-refractivity contribution >= 4 is 29.3 Å². The van der Waals surface area contributed by atoms with Crippen LogP contribution in [0, 0.1) is 0 Å². The molecule has 1 fully saturated rings. The molecule has 0 spiro atoms. The molecule has 0 aliphatic carbocycles. The molecule has 1 amide bonds. The average molecular weight is 194 g/mol. The van der Waals surface area contributed by atoms with Crippen molar-refractivity contribution in [3.8, 4) is 0 Å². The Morgan fingerprint density at radius 3 is 2.85 bits per heavy atom. The lowest BCUT2D eigenvalue weighted by molar-refractivity contribution is -0.115. The zero-order valence-corrected chi connectivity index (χ0v) is 7.35. The van der Waals surface area contributed by atoms with Gasteiger partial charge in [0.25, 0.3) is 5.91 Å². The summed E-state index contributed by atoms with van der Waals surface area (Å²) in [5.74, 6) is 0.378. The fraction of sp³-hybridized carbons (Fsp3) is 0. The summed E-state index contributed by atoms with van der Waals surface area (Å²) in [7, 11) is 0. The fourth-order valence-electron chi connectivity index (χ4n) is 0.998. The minimum Gasteiger partial charge on any atom is -0.465 e. The summed E-state index contributed by atoms with van der Waals surface area (Å²) in [5, 5.41) is 5.49. The molecule has 0 atom stereocenters. The predicted molar refractivity (Wildman–Crippen MR) is 50.6 cm³/mol. The summed E-state index contributed by atoms with van der Waals surface area (Å²) in [6.07, 6.45) is 3.13. The molecule has 1 aromatic rings. The van der Waals surface area contributed by atoms with Gasteiger partial charge >= 0.3 is 0 Å². The van der Waals surface area contributed by atoms with Gasteiger partial charge < -0.3 is 9.73 Å². The van der Waals surface area contributed by atoms with Gasteiger partial charge in [0.15, 0.2) is 5.11 Å². The Morgan fingerprint density at radius 2 is 2.31 bits per heavy atom. The van der Waals surface area contributed by atoms with Crippen molar-refractivity contribution in [1.82, 2.24) is 10.6 Å². The zero-order chi connectivity index (χ0) is 9.26. The van der Waals surface area contributed by atoms with Crippen LogP contribution in [0.25, 0.3) is 6.08 Å². The molecule has 1 saturated heterocycles. The minimum atomic E-state index is -0.235. The van der Waals surface area contributed by atoms with Crippen molar-refractivity contribution in [2.24, 2.45) is 0 Å². The second-order valence-corrected chi connectivity index (χ2v) is 2.89. The Bertz CT molecular complexity index is 381. The molecule has 66 valence electrons. The molecule has 0 saturated carbocycles. The Hall–Kier alpha value is -1.62. The number of furan rings is 1. The molecule has 2 heterocycles. The number of rotatable bonds is 1. The van der Waals surface area contributed by atoms with Gasteiger partial charge in [-0.2, -0.15) is 0 Å². The molecule has 1 aromatic heterocycles. The van der Waals surface area contributed by atoms with Crippen molar-refractivity contribution in [2.45, 2.75) is 0 Å². The van der Waals surface area contributed by atoms with Crippen LogP contribution in [0.2, 0.25) is 0 Å². The van der Waals surface area contributed by atoms with Crippen LogP contribution in [0.5, 0.6) is 0 Å². The highest BCUT2D eigenvalue weighted by Crippen LogP contribution is 2.07. The third-order valence-electron chi connectivity index (χ3n) is 1.55. The van der Waals surface area contributed by atoms with E-state index in [2.05, 4.69) is 10.6 Å². The molecular weight excluding hydrogens is 188 g/mol. The average Bonchev–Trinajstić information content (AvgIpc) is 2.63. The van der Waals surface area contributed by atoms with E-state index < -0.39 is 0 Å². The quantitative estimate of drug-likeness (QED) is 0.508. The first kappa shape index (κ1) is 8.00. The highest BCUT2D eigenvalue weighted by atomic mass is 32.1. The Balaban J connectivity index is 2.27. The van der Waals surface area contributed by atoms with Crippen LogP contribution in [0.15, 0.2) is 28.5 Å². The second kappa shape index (κ2) is 3.02. The number of carbonyl (C=O) groups excluding carboxylic acids is 1. The fourth-order valence-corrected chi connectivity index (χ4v) is 1.20. The van der Waals surface area contributed by atoms with E-state index in [1.807, 2.05) is 0 Å². The van der Waals surface area contributed by atoms with E-state index in [4.69, 9.17) is 16.6 Å². The molecule has 0 unspecified atom stereocenters. The summed E-state index contributed by atoms with van der Waals surface area (Å²) in [6.45, 7) is 0. The van der Waals surface area contributed by atoms with Gasteiger partial charge in [-0.25, -0.2) is 0 Å². The maximum absolute atomic E-state index is 11.1. The van der Waals surface area contributed by atoms with Crippen LogP contribution in [-0.4, -0.2) is 11.0 Å². The summed E-state index contributed by atoms with van der Waals surface area (Å²) >= 11 is 4.75. The predicted octanol–water partition coefficient (Wildman–Crippen LogP) is 0.625. The summed E-state index contributed by atoms with van der Waals surface area (Å²) in [4.78, 5) is 11.1. The number of thiocarbonyl (C=S) groups is 1. The lowest BCUT2D eigenvalue weighted by Gasteiger charge is -1.90. The normalized spacial score (nSPS) is 18.9. The van der Waals surface area contributed by atoms with E-state index in [0.717, 1.165) is 0 Å². The van der Waals surface area contributed by atoms with Crippen LogP contribution in [-0.2, 0) is 4.79 Å². The Kier molecular flexibility index (Phi) is 1.86. The van der Waals surface area contributed by atoms with Gasteiger partial charge in [-0.05, 0) is 24.4 Å². The first-order chi connectivity index (χ1) is 6.25. The molecule has 4 nitrogen and oxygen atoms in total. The number of nitrogens with one attached hydrogen (secondary N) is 2. The van der Waals surface area contributed by atoms with E-state index in [0.29, 0.717) is 16.6 Å². The second-order valence-electron chi connectivity index (χ2n) is 2.48. The van der Waals surface area contributed by atoms with Gasteiger partial charge in [-0.1, -0.05) is 0 Å². The van der Waals surface area contributed by atoms with Crippen LogP contribution in [0.3, 0.4) is 0 Å². The highest BCUT2D eigenvalue weighted by Gasteiger charge is 2.20. The molecule has 1 aliphatic heterocycles. The Morgan fingerprint density at radius 1 is 1.46 bits per heavy atom. The first-order valence-corrected chi connectivity index (χ1v) is 4.04. The molecule has 0 bridgehead atoms. The van der Waals surface area contributed by atoms with Crippen LogP contribution in [0.1, 0.15) is 5.76 Å². The van der Waals surface area contributed by atoms with E-state index in [-0.39, 0.29) is 5.91 Å². The van der Waals surface area contributed by atoms with E-state index in [9.17, 15) is 4.79 Å². The maximum Gasteiger partial charge on any atom is 0.274 e. The van der Waals surface area contributed by atoms with Crippen LogP contribution >= 0.6 is 12.2 Å². The van der Waals surface area contributed by atoms with Crippen molar-refractivity contribution in [3.63, 3.8) is 0 Å². The number of hydrogen-bond acceptors (Lipinski definition) is 3. The van der Waals surface area contributed by atoms with E-state index in [1.54, 1.807) is 18.2 Å². The third kappa shape index (κ3) is 1.59. The van der Waals surface area contributed by atoms with Gasteiger partial charge in [-0.3, -0.25) is 10.1 Å². The SMILES string of the molecule is O=C1NC(=S)N/C1=C\c1ccco1. The largest absolute Gasteiger partial charge is 0.465 e. The van der Waals surface area contributed by atoms with Crippen LogP contribution < -0.4 is 10.6 Å². The van der Waals surface area contributed by atoms with Crippen molar-refractivity contribution in [3.05, 3.63) is 29.9 Å². The molecule has 5 heteroatoms. The smallest absolute Gasteiger partial charge is 0.274 e. The molecule has 0 radical (unpaired) electrons. The van der Waals surface area contributed by atoms with Crippen molar-refractivity contribution in [2.75, 3.05) is 0 Å². The number of hydrogen-bond donors (Lipinski definition) is 2. The molecule has 1 aliphatic rings. The first-order valence-electron chi connectivity index (χ1n) is 3.63. The van der Waals surface area contributed by atoms with Gasteiger partial charge in [0, 0.05) is 6.08 Å². The zero-order valence-electron chi connectivity index (χ0n) is 6.53. The van der Waals surface area contributed by atoms with Crippen molar-refractivity contribution in [1.29, 1.82) is 0 Å². The minimum absolute atomic E-state index is 0.235. The summed E-state index contributed by atoms with van der Waals surface area (Å²) < 4.78 is 5.04. The standard InChI is InChI=1S/C8H6N2O2S/c11-7-6(9-8(13)10-7)4-5-2-1-3-12-5/h1-4H,(H2,9,10,11,13)/b6-4-. The third-order valence-corrected chi connectivity index (χ3v) is 1.75. The summed E-state index contributed by atoms with van der Waals surface area (Å²) in [6, 6.07) is 3.50. The van der Waals surface area contributed by atoms with Gasteiger partial charge in [0.1, 0.15) is 11.5 Å².